The Hall–Kier alpha value is -2.47. The van der Waals surface area contributed by atoms with Crippen LogP contribution in [0.4, 0.5) is 11.4 Å². The second-order valence-corrected chi connectivity index (χ2v) is 6.86. The fraction of sp³-hybridized carbons (Fsp3) is 0.450. The number of nitrogens with zero attached hydrogens (tertiary/aromatic N) is 3. The summed E-state index contributed by atoms with van der Waals surface area (Å²) in [5.41, 5.74) is 7.74. The first-order chi connectivity index (χ1) is 12.7. The molecule has 3 rings (SSSR count). The number of nitrogens with two attached hydrogens (primary N) is 1. The number of para-hydroxylation sites is 2. The summed E-state index contributed by atoms with van der Waals surface area (Å²) in [6.45, 7) is 6.59. The molecule has 1 aromatic rings. The lowest BCUT2D eigenvalue weighted by molar-refractivity contribution is 0.188. The molecular formula is C20H28N6. The van der Waals surface area contributed by atoms with Crippen molar-refractivity contribution in [3.63, 3.8) is 0 Å². The fourth-order valence-corrected chi connectivity index (χ4v) is 3.35. The number of hydrogen-bond donors (Lipinski definition) is 3. The summed E-state index contributed by atoms with van der Waals surface area (Å²) in [5, 5.41) is 11.4. The molecule has 6 heteroatoms. The zero-order valence-electron chi connectivity index (χ0n) is 15.4. The van der Waals surface area contributed by atoms with Gasteiger partial charge in [0.1, 0.15) is 5.84 Å². The van der Waals surface area contributed by atoms with Crippen molar-refractivity contribution >= 4 is 28.8 Å². The molecule has 2 heterocycles. The van der Waals surface area contributed by atoms with Gasteiger partial charge in [0.05, 0.1) is 17.1 Å². The van der Waals surface area contributed by atoms with E-state index in [0.717, 1.165) is 30.4 Å². The molecule has 2 aliphatic rings. The van der Waals surface area contributed by atoms with Gasteiger partial charge in [-0.3, -0.25) is 5.41 Å². The van der Waals surface area contributed by atoms with E-state index in [4.69, 9.17) is 11.1 Å². The third-order valence-corrected chi connectivity index (χ3v) is 5.06. The molecule has 26 heavy (non-hydrogen) atoms. The molecule has 0 atom stereocenters. The van der Waals surface area contributed by atoms with Gasteiger partial charge in [-0.15, -0.1) is 0 Å². The Kier molecular flexibility index (Phi) is 6.17. The van der Waals surface area contributed by atoms with Gasteiger partial charge in [0.15, 0.2) is 5.84 Å². The largest absolute Gasteiger partial charge is 0.384 e. The van der Waals surface area contributed by atoms with Crippen LogP contribution >= 0.6 is 0 Å². The van der Waals surface area contributed by atoms with Gasteiger partial charge < -0.3 is 16.0 Å². The molecule has 1 aromatic carbocycles. The molecule has 1 saturated heterocycles. The molecule has 0 aromatic heterocycles. The maximum atomic E-state index is 7.95. The number of piperidine rings is 1. The lowest BCUT2D eigenvalue weighted by Gasteiger charge is -2.31. The van der Waals surface area contributed by atoms with Gasteiger partial charge in [-0.2, -0.15) is 0 Å². The lowest BCUT2D eigenvalue weighted by atomic mass is 9.94. The summed E-state index contributed by atoms with van der Waals surface area (Å²) in [6, 6.07) is 7.87. The second-order valence-electron chi connectivity index (χ2n) is 6.86. The maximum absolute atomic E-state index is 7.95. The van der Waals surface area contributed by atoms with Crippen LogP contribution in [0, 0.1) is 11.3 Å². The molecule has 0 saturated carbocycles. The minimum atomic E-state index is 0.271. The number of anilines is 1. The maximum Gasteiger partial charge on any atom is 0.180 e. The van der Waals surface area contributed by atoms with Crippen LogP contribution in [0.1, 0.15) is 26.2 Å². The number of hydrogen-bond acceptors (Lipinski definition) is 5. The zero-order valence-corrected chi connectivity index (χ0v) is 15.4. The van der Waals surface area contributed by atoms with Crippen LogP contribution in [-0.4, -0.2) is 48.5 Å². The normalized spacial score (nSPS) is 20.4. The molecule has 138 valence electrons. The van der Waals surface area contributed by atoms with E-state index in [-0.39, 0.29) is 5.71 Å². The van der Waals surface area contributed by atoms with Crippen LogP contribution in [0.3, 0.4) is 0 Å². The van der Waals surface area contributed by atoms with E-state index in [2.05, 4.69) is 27.1 Å². The predicted molar refractivity (Wildman–Crippen MR) is 110 cm³/mol. The highest BCUT2D eigenvalue weighted by atomic mass is 15.1. The molecule has 0 bridgehead atoms. The standard InChI is InChI=1S/C20H28N6/c1-2-15-9-12-26(13-10-15)14-11-23-17-5-3-4-6-18(17)24-20-16(21)7-8-19(22)25-20/h3-8,15,21,23H,2,9-14H2,1H3,(H2,22,24,25). The Morgan fingerprint density at radius 3 is 2.81 bits per heavy atom. The number of dihydropyridines is 1. The number of rotatable bonds is 6. The van der Waals surface area contributed by atoms with E-state index in [9.17, 15) is 0 Å². The molecule has 4 N–H and O–H groups in total. The van der Waals surface area contributed by atoms with Crippen LogP contribution in [0.15, 0.2) is 46.4 Å². The van der Waals surface area contributed by atoms with Crippen LogP contribution in [0.2, 0.25) is 0 Å². The van der Waals surface area contributed by atoms with Crippen LogP contribution < -0.4 is 11.1 Å². The topological polar surface area (TPSA) is 89.9 Å². The summed E-state index contributed by atoms with van der Waals surface area (Å²) in [4.78, 5) is 11.2. The Morgan fingerprint density at radius 1 is 1.27 bits per heavy atom. The van der Waals surface area contributed by atoms with Crippen molar-refractivity contribution in [3.05, 3.63) is 36.4 Å². The number of aliphatic imine (C=N–C) groups is 2. The number of likely N-dealkylation sites (tertiary alicyclic amines) is 1. The Balaban J connectivity index is 1.60. The van der Waals surface area contributed by atoms with Crippen molar-refractivity contribution in [2.45, 2.75) is 26.2 Å². The predicted octanol–water partition coefficient (Wildman–Crippen LogP) is 3.20. The Bertz CT molecular complexity index is 726. The summed E-state index contributed by atoms with van der Waals surface area (Å²) in [6.07, 6.45) is 7.17. The summed E-state index contributed by atoms with van der Waals surface area (Å²) in [7, 11) is 0. The first-order valence-corrected chi connectivity index (χ1v) is 9.41. The molecule has 0 unspecified atom stereocenters. The highest BCUT2D eigenvalue weighted by Gasteiger charge is 2.17. The van der Waals surface area contributed by atoms with Crippen LogP contribution in [0.5, 0.6) is 0 Å². The fourth-order valence-electron chi connectivity index (χ4n) is 3.35. The monoisotopic (exact) mass is 352 g/mol. The van der Waals surface area contributed by atoms with Gasteiger partial charge in [0.2, 0.25) is 0 Å². The molecular weight excluding hydrogens is 324 g/mol. The first kappa shape index (κ1) is 18.3. The van der Waals surface area contributed by atoms with Crippen molar-refractivity contribution in [3.8, 4) is 0 Å². The van der Waals surface area contributed by atoms with Gasteiger partial charge in [-0.05, 0) is 56.1 Å². The molecule has 2 aliphatic heterocycles. The van der Waals surface area contributed by atoms with Gasteiger partial charge in [-0.1, -0.05) is 25.5 Å². The SMILES string of the molecule is CCC1CCN(CCNc2ccccc2N=C2N=C(N)C=CC2=N)CC1. The smallest absolute Gasteiger partial charge is 0.180 e. The number of nitrogens with one attached hydrogen (secondary N) is 2. The number of benzene rings is 1. The summed E-state index contributed by atoms with van der Waals surface area (Å²) < 4.78 is 0. The van der Waals surface area contributed by atoms with E-state index in [0.29, 0.717) is 11.7 Å². The average Bonchev–Trinajstić information content (AvgIpc) is 2.66. The van der Waals surface area contributed by atoms with Crippen molar-refractivity contribution in [1.29, 1.82) is 5.41 Å². The molecule has 0 radical (unpaired) electrons. The first-order valence-electron chi connectivity index (χ1n) is 9.41. The minimum absolute atomic E-state index is 0.271. The number of amidine groups is 2. The molecule has 0 aliphatic carbocycles. The quantitative estimate of drug-likeness (QED) is 0.734. The highest BCUT2D eigenvalue weighted by Crippen LogP contribution is 2.25. The van der Waals surface area contributed by atoms with E-state index in [1.807, 2.05) is 24.3 Å². The van der Waals surface area contributed by atoms with Crippen molar-refractivity contribution < 1.29 is 0 Å². The third kappa shape index (κ3) is 4.79. The molecule has 0 spiro atoms. The van der Waals surface area contributed by atoms with E-state index in [1.54, 1.807) is 12.2 Å². The molecule has 0 amide bonds. The van der Waals surface area contributed by atoms with Gasteiger partial charge in [0.25, 0.3) is 0 Å². The van der Waals surface area contributed by atoms with Crippen molar-refractivity contribution in [2.75, 3.05) is 31.5 Å². The minimum Gasteiger partial charge on any atom is -0.384 e. The summed E-state index contributed by atoms with van der Waals surface area (Å²) in [5.74, 6) is 1.63. The van der Waals surface area contributed by atoms with Gasteiger partial charge in [-0.25, -0.2) is 9.98 Å². The van der Waals surface area contributed by atoms with Crippen molar-refractivity contribution in [1.82, 2.24) is 4.90 Å². The third-order valence-electron chi connectivity index (χ3n) is 5.06. The Morgan fingerprint density at radius 2 is 2.04 bits per heavy atom. The Labute approximate surface area is 155 Å². The molecule has 6 nitrogen and oxygen atoms in total. The van der Waals surface area contributed by atoms with E-state index < -0.39 is 0 Å². The second kappa shape index (κ2) is 8.76. The lowest BCUT2D eigenvalue weighted by Crippen LogP contribution is -2.36. The van der Waals surface area contributed by atoms with E-state index in [1.165, 1.54) is 32.4 Å². The average molecular weight is 352 g/mol. The van der Waals surface area contributed by atoms with Gasteiger partial charge in [0, 0.05) is 13.1 Å². The van der Waals surface area contributed by atoms with Crippen LogP contribution in [-0.2, 0) is 0 Å². The summed E-state index contributed by atoms with van der Waals surface area (Å²) >= 11 is 0. The van der Waals surface area contributed by atoms with Crippen molar-refractivity contribution in [2.24, 2.45) is 21.6 Å². The van der Waals surface area contributed by atoms with Gasteiger partial charge >= 0.3 is 0 Å². The zero-order chi connectivity index (χ0) is 18.4. The van der Waals surface area contributed by atoms with Crippen LogP contribution in [0.25, 0.3) is 0 Å². The highest BCUT2D eigenvalue weighted by molar-refractivity contribution is 6.48. The molecule has 1 fully saturated rings. The van der Waals surface area contributed by atoms with E-state index >= 15 is 0 Å².